The van der Waals surface area contributed by atoms with Crippen LogP contribution in [-0.2, 0) is 4.79 Å². The van der Waals surface area contributed by atoms with Crippen LogP contribution >= 0.6 is 0 Å². The largest absolute Gasteiger partial charge is 0.481 e. The third-order valence-corrected chi connectivity index (χ3v) is 2.22. The molecule has 0 heterocycles. The summed E-state index contributed by atoms with van der Waals surface area (Å²) in [6, 6.07) is -0.825. The summed E-state index contributed by atoms with van der Waals surface area (Å²) < 4.78 is 36.0. The van der Waals surface area contributed by atoms with E-state index in [0.29, 0.717) is 11.3 Å². The van der Waals surface area contributed by atoms with E-state index in [1.807, 2.05) is 0 Å². The smallest absolute Gasteiger partial charge is 0.406 e. The van der Waals surface area contributed by atoms with E-state index >= 15 is 0 Å². The fourth-order valence-corrected chi connectivity index (χ4v) is 1.21. The van der Waals surface area contributed by atoms with Crippen molar-refractivity contribution in [3.05, 3.63) is 0 Å². The van der Waals surface area contributed by atoms with Gasteiger partial charge in [0.15, 0.2) is 0 Å². The van der Waals surface area contributed by atoms with Gasteiger partial charge in [0.2, 0.25) is 0 Å². The van der Waals surface area contributed by atoms with E-state index in [9.17, 15) is 22.8 Å². The summed E-state index contributed by atoms with van der Waals surface area (Å²) in [6.07, 6.45) is -4.10. The van der Waals surface area contributed by atoms with Gasteiger partial charge in [0.05, 0.1) is 0 Å². The number of urea groups is 1. The number of carbonyl (C=O) groups excluding carboxylic acids is 1. The highest BCUT2D eigenvalue weighted by molar-refractivity contribution is 5.73. The molecule has 0 aromatic carbocycles. The van der Waals surface area contributed by atoms with E-state index < -0.39 is 24.7 Å². The van der Waals surface area contributed by atoms with Crippen LogP contribution in [0.5, 0.6) is 0 Å². The van der Waals surface area contributed by atoms with Crippen LogP contribution in [0.3, 0.4) is 0 Å². The zero-order valence-corrected chi connectivity index (χ0v) is 10.3. The second-order valence-corrected chi connectivity index (χ2v) is 4.19. The highest BCUT2D eigenvalue weighted by Crippen LogP contribution is 2.15. The van der Waals surface area contributed by atoms with Crippen molar-refractivity contribution in [1.29, 1.82) is 0 Å². The molecule has 0 rings (SSSR count). The van der Waals surface area contributed by atoms with Crippen LogP contribution in [0.2, 0.25) is 0 Å². The number of carbonyl (C=O) groups is 2. The Kier molecular flexibility index (Phi) is 6.50. The van der Waals surface area contributed by atoms with Crippen molar-refractivity contribution in [2.45, 2.75) is 25.9 Å². The number of nitrogens with zero attached hydrogens (tertiary/aromatic N) is 1. The number of amides is 2. The van der Waals surface area contributed by atoms with Crippen molar-refractivity contribution >= 4 is 12.0 Å². The lowest BCUT2D eigenvalue weighted by molar-refractivity contribution is -0.138. The first-order valence-corrected chi connectivity index (χ1v) is 5.39. The highest BCUT2D eigenvalue weighted by atomic mass is 19.4. The standard InChI is InChI=1S/C10H17F3N2O3/c1-7(3-4-8(16)17)5-14-9(18)15(2)6-10(11,12)13/h7H,3-6H2,1-2H3,(H,14,18)(H,16,17). The molecule has 2 amide bonds. The van der Waals surface area contributed by atoms with Gasteiger partial charge in [0.1, 0.15) is 6.54 Å². The molecule has 2 N–H and O–H groups in total. The molecule has 0 saturated carbocycles. The summed E-state index contributed by atoms with van der Waals surface area (Å²) in [5.41, 5.74) is 0. The van der Waals surface area contributed by atoms with Crippen LogP contribution < -0.4 is 5.32 Å². The van der Waals surface area contributed by atoms with Gasteiger partial charge in [-0.15, -0.1) is 0 Å². The van der Waals surface area contributed by atoms with Crippen LogP contribution in [-0.4, -0.2) is 48.3 Å². The van der Waals surface area contributed by atoms with Crippen molar-refractivity contribution in [3.8, 4) is 0 Å². The minimum atomic E-state index is -4.43. The molecule has 0 aliphatic rings. The van der Waals surface area contributed by atoms with Crippen LogP contribution in [0.4, 0.5) is 18.0 Å². The number of nitrogens with one attached hydrogen (secondary N) is 1. The minimum absolute atomic E-state index is 0.0323. The van der Waals surface area contributed by atoms with Crippen LogP contribution in [0, 0.1) is 5.92 Å². The number of carboxylic acids is 1. The Hall–Kier alpha value is -1.47. The first-order valence-electron chi connectivity index (χ1n) is 5.39. The number of carboxylic acid groups (broad SMARTS) is 1. The van der Waals surface area contributed by atoms with E-state index in [4.69, 9.17) is 5.11 Å². The highest BCUT2D eigenvalue weighted by Gasteiger charge is 2.31. The number of aliphatic carboxylic acids is 1. The fourth-order valence-electron chi connectivity index (χ4n) is 1.21. The molecule has 0 aromatic rings. The molecule has 0 aliphatic carbocycles. The van der Waals surface area contributed by atoms with Crippen molar-refractivity contribution in [1.82, 2.24) is 10.2 Å². The Morgan fingerprint density at radius 3 is 2.39 bits per heavy atom. The number of hydrogen-bond donors (Lipinski definition) is 2. The summed E-state index contributed by atoms with van der Waals surface area (Å²) >= 11 is 0. The number of halogens is 3. The van der Waals surface area contributed by atoms with Gasteiger partial charge >= 0.3 is 18.2 Å². The Labute approximate surface area is 103 Å². The Balaban J connectivity index is 3.91. The molecule has 0 fully saturated rings. The second-order valence-electron chi connectivity index (χ2n) is 4.19. The summed E-state index contributed by atoms with van der Waals surface area (Å²) in [6.45, 7) is 0.545. The zero-order valence-electron chi connectivity index (χ0n) is 10.3. The molecule has 0 aliphatic heterocycles. The first-order chi connectivity index (χ1) is 8.11. The van der Waals surface area contributed by atoms with Gasteiger partial charge in [-0.3, -0.25) is 4.79 Å². The topological polar surface area (TPSA) is 69.6 Å². The molecule has 0 radical (unpaired) electrons. The maximum Gasteiger partial charge on any atom is 0.406 e. The van der Waals surface area contributed by atoms with Gasteiger partial charge in [0, 0.05) is 20.0 Å². The molecular weight excluding hydrogens is 253 g/mol. The SMILES string of the molecule is CC(CCC(=O)O)CNC(=O)N(C)CC(F)(F)F. The van der Waals surface area contributed by atoms with Crippen molar-refractivity contribution in [3.63, 3.8) is 0 Å². The van der Waals surface area contributed by atoms with Crippen molar-refractivity contribution < 1.29 is 27.9 Å². The minimum Gasteiger partial charge on any atom is -0.481 e. The molecular formula is C10H17F3N2O3. The molecule has 1 atom stereocenters. The van der Waals surface area contributed by atoms with Gasteiger partial charge in [-0.25, -0.2) is 4.79 Å². The molecule has 106 valence electrons. The van der Waals surface area contributed by atoms with Crippen LogP contribution in [0.1, 0.15) is 19.8 Å². The summed E-state index contributed by atoms with van der Waals surface area (Å²) in [4.78, 5) is 22.1. The van der Waals surface area contributed by atoms with E-state index in [2.05, 4.69) is 5.32 Å². The molecule has 0 bridgehead atoms. The van der Waals surface area contributed by atoms with E-state index in [0.717, 1.165) is 7.05 Å². The van der Waals surface area contributed by atoms with Gasteiger partial charge in [-0.05, 0) is 12.3 Å². The lowest BCUT2D eigenvalue weighted by Gasteiger charge is -2.20. The Morgan fingerprint density at radius 1 is 1.39 bits per heavy atom. The third kappa shape index (κ3) is 8.66. The molecule has 5 nitrogen and oxygen atoms in total. The van der Waals surface area contributed by atoms with Crippen LogP contribution in [0.25, 0.3) is 0 Å². The molecule has 1 unspecified atom stereocenters. The predicted octanol–water partition coefficient (Wildman–Crippen LogP) is 1.69. The lowest BCUT2D eigenvalue weighted by atomic mass is 10.1. The number of hydrogen-bond acceptors (Lipinski definition) is 2. The van der Waals surface area contributed by atoms with Gasteiger partial charge in [-0.1, -0.05) is 6.92 Å². The van der Waals surface area contributed by atoms with E-state index in [1.165, 1.54) is 0 Å². The third-order valence-electron chi connectivity index (χ3n) is 2.22. The summed E-state index contributed by atoms with van der Waals surface area (Å²) in [5, 5.41) is 10.8. The van der Waals surface area contributed by atoms with Gasteiger partial charge in [-0.2, -0.15) is 13.2 Å². The predicted molar refractivity (Wildman–Crippen MR) is 58.1 cm³/mol. The Morgan fingerprint density at radius 2 is 1.94 bits per heavy atom. The van der Waals surface area contributed by atoms with E-state index in [-0.39, 0.29) is 18.9 Å². The average Bonchev–Trinajstić information content (AvgIpc) is 2.20. The maximum atomic E-state index is 12.0. The molecule has 0 saturated heterocycles. The summed E-state index contributed by atoms with van der Waals surface area (Å²) in [5.74, 6) is -1.05. The van der Waals surface area contributed by atoms with E-state index in [1.54, 1.807) is 6.92 Å². The van der Waals surface area contributed by atoms with Gasteiger partial charge < -0.3 is 15.3 Å². The average molecular weight is 270 g/mol. The van der Waals surface area contributed by atoms with Crippen molar-refractivity contribution in [2.24, 2.45) is 5.92 Å². The number of alkyl halides is 3. The normalized spacial score (nSPS) is 12.9. The molecule has 8 heteroatoms. The monoisotopic (exact) mass is 270 g/mol. The Bertz CT molecular complexity index is 295. The molecule has 0 aromatic heterocycles. The lowest BCUT2D eigenvalue weighted by Crippen LogP contribution is -2.43. The number of rotatable bonds is 6. The quantitative estimate of drug-likeness (QED) is 0.771. The van der Waals surface area contributed by atoms with Crippen LogP contribution in [0.15, 0.2) is 0 Å². The molecule has 18 heavy (non-hydrogen) atoms. The van der Waals surface area contributed by atoms with Gasteiger partial charge in [0.25, 0.3) is 0 Å². The summed E-state index contributed by atoms with van der Waals surface area (Å²) in [7, 11) is 1.05. The first kappa shape index (κ1) is 16.5. The molecule has 0 spiro atoms. The second kappa shape index (κ2) is 7.07. The van der Waals surface area contributed by atoms with Crippen molar-refractivity contribution in [2.75, 3.05) is 20.1 Å². The zero-order chi connectivity index (χ0) is 14.3. The fraction of sp³-hybridized carbons (Fsp3) is 0.800. The maximum absolute atomic E-state index is 12.0.